The van der Waals surface area contributed by atoms with E-state index in [0.29, 0.717) is 16.4 Å². The molecule has 116 valence electrons. The molecule has 0 unspecified atom stereocenters. The third-order valence-electron chi connectivity index (χ3n) is 3.07. The van der Waals surface area contributed by atoms with Crippen LogP contribution in [0, 0.1) is 18.3 Å². The fourth-order valence-corrected chi connectivity index (χ4v) is 1.94. The van der Waals surface area contributed by atoms with Gasteiger partial charge in [-0.1, -0.05) is 29.8 Å². The molecule has 3 N–H and O–H groups in total. The first-order valence-corrected chi connectivity index (χ1v) is 7.11. The molecule has 0 heterocycles. The van der Waals surface area contributed by atoms with Gasteiger partial charge in [0.2, 0.25) is 0 Å². The number of amides is 1. The summed E-state index contributed by atoms with van der Waals surface area (Å²) in [5.41, 5.74) is 1.65. The van der Waals surface area contributed by atoms with Crippen molar-refractivity contribution in [2.45, 2.75) is 6.92 Å². The molecule has 0 aliphatic heterocycles. The highest BCUT2D eigenvalue weighted by atomic mass is 35.5. The molecule has 2 rings (SSSR count). The van der Waals surface area contributed by atoms with Crippen LogP contribution in [0.25, 0.3) is 0 Å². The lowest BCUT2D eigenvalue weighted by Gasteiger charge is -2.07. The number of rotatable bonds is 4. The number of para-hydroxylation sites is 2. The highest BCUT2D eigenvalue weighted by molar-refractivity contribution is 6.31. The van der Waals surface area contributed by atoms with Gasteiger partial charge >= 0.3 is 0 Å². The average molecular weight is 328 g/mol. The van der Waals surface area contributed by atoms with Gasteiger partial charge in [-0.2, -0.15) is 5.26 Å². The molecule has 0 aromatic heterocycles. The minimum Gasteiger partial charge on any atom is -0.506 e. The number of hydrogen-bond donors (Lipinski definition) is 3. The Hall–Kier alpha value is -2.97. The van der Waals surface area contributed by atoms with Crippen molar-refractivity contribution in [1.29, 1.82) is 5.26 Å². The molecule has 2 aromatic rings. The maximum Gasteiger partial charge on any atom is 0.267 e. The number of aryl methyl sites for hydroxylation is 1. The lowest BCUT2D eigenvalue weighted by Crippen LogP contribution is -2.14. The van der Waals surface area contributed by atoms with Gasteiger partial charge in [-0.3, -0.25) is 4.79 Å². The lowest BCUT2D eigenvalue weighted by molar-refractivity contribution is -0.112. The Labute approximate surface area is 138 Å². The van der Waals surface area contributed by atoms with E-state index in [2.05, 4.69) is 10.6 Å². The molecule has 1 amide bonds. The lowest BCUT2D eigenvalue weighted by atomic mass is 10.2. The SMILES string of the molecule is Cc1ccc(NC(=O)/C(C#N)=C\Nc2ccccc2O)cc1Cl. The second-order valence-electron chi connectivity index (χ2n) is 4.75. The molecule has 0 aliphatic rings. The Morgan fingerprint density at radius 3 is 2.70 bits per heavy atom. The van der Waals surface area contributed by atoms with Crippen molar-refractivity contribution in [3.05, 3.63) is 64.8 Å². The maximum absolute atomic E-state index is 12.1. The van der Waals surface area contributed by atoms with Crippen LogP contribution in [0.4, 0.5) is 11.4 Å². The van der Waals surface area contributed by atoms with Gasteiger partial charge in [0.15, 0.2) is 0 Å². The van der Waals surface area contributed by atoms with Crippen LogP contribution < -0.4 is 10.6 Å². The fourth-order valence-electron chi connectivity index (χ4n) is 1.76. The molecular formula is C17H14ClN3O2. The highest BCUT2D eigenvalue weighted by Gasteiger charge is 2.10. The number of carbonyl (C=O) groups is 1. The molecule has 0 saturated heterocycles. The van der Waals surface area contributed by atoms with E-state index in [1.165, 1.54) is 12.3 Å². The van der Waals surface area contributed by atoms with E-state index < -0.39 is 5.91 Å². The number of hydrogen-bond acceptors (Lipinski definition) is 4. The van der Waals surface area contributed by atoms with Crippen molar-refractivity contribution in [2.75, 3.05) is 10.6 Å². The molecule has 0 aliphatic carbocycles. The summed E-state index contributed by atoms with van der Waals surface area (Å²) < 4.78 is 0. The second-order valence-corrected chi connectivity index (χ2v) is 5.16. The summed E-state index contributed by atoms with van der Waals surface area (Å²) in [5.74, 6) is -0.554. The first-order chi connectivity index (χ1) is 11.0. The van der Waals surface area contributed by atoms with Gasteiger partial charge in [-0.15, -0.1) is 0 Å². The Morgan fingerprint density at radius 2 is 2.04 bits per heavy atom. The summed E-state index contributed by atoms with van der Waals surface area (Å²) in [7, 11) is 0. The summed E-state index contributed by atoms with van der Waals surface area (Å²) in [6.45, 7) is 1.85. The molecular weight excluding hydrogens is 314 g/mol. The van der Waals surface area contributed by atoms with Crippen LogP contribution in [-0.4, -0.2) is 11.0 Å². The zero-order valence-electron chi connectivity index (χ0n) is 12.3. The number of phenolic OH excluding ortho intramolecular Hbond substituents is 1. The Morgan fingerprint density at radius 1 is 1.30 bits per heavy atom. The average Bonchev–Trinajstić information content (AvgIpc) is 2.53. The molecule has 23 heavy (non-hydrogen) atoms. The van der Waals surface area contributed by atoms with Gasteiger partial charge in [-0.05, 0) is 36.8 Å². The van der Waals surface area contributed by atoms with E-state index in [4.69, 9.17) is 16.9 Å². The first-order valence-electron chi connectivity index (χ1n) is 6.73. The van der Waals surface area contributed by atoms with Crippen LogP contribution in [0.3, 0.4) is 0 Å². The Balaban J connectivity index is 2.12. The molecule has 0 fully saturated rings. The van der Waals surface area contributed by atoms with Crippen LogP contribution in [0.2, 0.25) is 5.02 Å². The minimum absolute atomic E-state index is 0.0202. The third-order valence-corrected chi connectivity index (χ3v) is 3.48. The summed E-state index contributed by atoms with van der Waals surface area (Å²) >= 11 is 6.00. The number of phenols is 1. The van der Waals surface area contributed by atoms with Crippen LogP contribution in [0.1, 0.15) is 5.56 Å². The molecule has 0 saturated carbocycles. The Kier molecular flexibility index (Phi) is 5.23. The predicted molar refractivity (Wildman–Crippen MR) is 90.2 cm³/mol. The molecule has 0 radical (unpaired) electrons. The zero-order chi connectivity index (χ0) is 16.8. The summed E-state index contributed by atoms with van der Waals surface area (Å²) in [4.78, 5) is 12.1. The van der Waals surface area contributed by atoms with Crippen LogP contribution >= 0.6 is 11.6 Å². The summed E-state index contributed by atoms with van der Waals surface area (Å²) in [5, 5.41) is 24.6. The van der Waals surface area contributed by atoms with Crippen molar-refractivity contribution in [3.8, 4) is 11.8 Å². The van der Waals surface area contributed by atoms with Crippen molar-refractivity contribution >= 4 is 28.9 Å². The number of anilines is 2. The smallest absolute Gasteiger partial charge is 0.267 e. The van der Waals surface area contributed by atoms with Crippen LogP contribution in [0.5, 0.6) is 5.75 Å². The van der Waals surface area contributed by atoms with Crippen molar-refractivity contribution in [2.24, 2.45) is 0 Å². The van der Waals surface area contributed by atoms with Crippen LogP contribution in [-0.2, 0) is 4.79 Å². The first kappa shape index (κ1) is 16.4. The molecule has 0 spiro atoms. The minimum atomic E-state index is -0.574. The topological polar surface area (TPSA) is 85.2 Å². The molecule has 2 aromatic carbocycles. The second kappa shape index (κ2) is 7.34. The predicted octanol–water partition coefficient (Wildman–Crippen LogP) is 3.81. The standard InChI is InChI=1S/C17H14ClN3O2/c1-11-6-7-13(8-14(11)18)21-17(23)12(9-19)10-20-15-4-2-3-5-16(15)22/h2-8,10,20,22H,1H3,(H,21,23)/b12-10-. The van der Waals surface area contributed by atoms with E-state index >= 15 is 0 Å². The van der Waals surface area contributed by atoms with Gasteiger partial charge in [0.05, 0.1) is 5.69 Å². The summed E-state index contributed by atoms with van der Waals surface area (Å²) in [6.07, 6.45) is 1.24. The van der Waals surface area contributed by atoms with E-state index in [-0.39, 0.29) is 11.3 Å². The molecule has 5 nitrogen and oxygen atoms in total. The van der Waals surface area contributed by atoms with Gasteiger partial charge in [0.25, 0.3) is 5.91 Å². The monoisotopic (exact) mass is 327 g/mol. The number of halogens is 1. The highest BCUT2D eigenvalue weighted by Crippen LogP contribution is 2.22. The maximum atomic E-state index is 12.1. The number of aromatic hydroxyl groups is 1. The van der Waals surface area contributed by atoms with Crippen molar-refractivity contribution in [1.82, 2.24) is 0 Å². The zero-order valence-corrected chi connectivity index (χ0v) is 13.1. The number of nitrogens with one attached hydrogen (secondary N) is 2. The van der Waals surface area contributed by atoms with Gasteiger partial charge in [0, 0.05) is 16.9 Å². The molecule has 6 heteroatoms. The number of carbonyl (C=O) groups excluding carboxylic acids is 1. The Bertz CT molecular complexity index is 810. The van der Waals surface area contributed by atoms with Gasteiger partial charge in [0.1, 0.15) is 17.4 Å². The number of benzene rings is 2. The molecule has 0 bridgehead atoms. The normalized spacial score (nSPS) is 10.7. The van der Waals surface area contributed by atoms with Crippen molar-refractivity contribution in [3.63, 3.8) is 0 Å². The van der Waals surface area contributed by atoms with Gasteiger partial charge < -0.3 is 15.7 Å². The van der Waals surface area contributed by atoms with E-state index in [9.17, 15) is 9.90 Å². The van der Waals surface area contributed by atoms with Crippen molar-refractivity contribution < 1.29 is 9.90 Å². The molecule has 0 atom stereocenters. The summed E-state index contributed by atoms with van der Waals surface area (Å²) in [6, 6.07) is 13.4. The number of nitriles is 1. The fraction of sp³-hybridized carbons (Fsp3) is 0.0588. The number of nitrogens with zero attached hydrogens (tertiary/aromatic N) is 1. The van der Waals surface area contributed by atoms with E-state index in [0.717, 1.165) is 5.56 Å². The van der Waals surface area contributed by atoms with Gasteiger partial charge in [-0.25, -0.2) is 0 Å². The van der Waals surface area contributed by atoms with E-state index in [1.54, 1.807) is 36.4 Å². The quantitative estimate of drug-likeness (QED) is 0.453. The largest absolute Gasteiger partial charge is 0.506 e. The third kappa shape index (κ3) is 4.25. The van der Waals surface area contributed by atoms with E-state index in [1.807, 2.05) is 13.0 Å². The van der Waals surface area contributed by atoms with Crippen LogP contribution in [0.15, 0.2) is 54.2 Å².